The quantitative estimate of drug-likeness (QED) is 0.550. The highest BCUT2D eigenvalue weighted by Gasteiger charge is 2.12. The SMILES string of the molecule is COCC(C)NC(=S)NNC(=O)Cc1nc2ccccc2n1C. The number of carbonyl (C=O) groups is 1. The predicted octanol–water partition coefficient (Wildman–Crippen LogP) is 0.646. The monoisotopic (exact) mass is 335 g/mol. The van der Waals surface area contributed by atoms with Crippen LogP contribution in [0.25, 0.3) is 11.0 Å². The summed E-state index contributed by atoms with van der Waals surface area (Å²) in [5.41, 5.74) is 7.10. The van der Waals surface area contributed by atoms with Gasteiger partial charge < -0.3 is 14.6 Å². The van der Waals surface area contributed by atoms with E-state index >= 15 is 0 Å². The molecule has 1 unspecified atom stereocenters. The second kappa shape index (κ2) is 7.89. The summed E-state index contributed by atoms with van der Waals surface area (Å²) in [4.78, 5) is 16.5. The van der Waals surface area contributed by atoms with E-state index in [1.807, 2.05) is 42.8 Å². The molecule has 0 bridgehead atoms. The minimum Gasteiger partial charge on any atom is -0.383 e. The van der Waals surface area contributed by atoms with E-state index in [4.69, 9.17) is 17.0 Å². The molecule has 0 radical (unpaired) electrons. The van der Waals surface area contributed by atoms with Gasteiger partial charge in [0.15, 0.2) is 5.11 Å². The lowest BCUT2D eigenvalue weighted by molar-refractivity contribution is -0.121. The number of para-hydroxylation sites is 2. The van der Waals surface area contributed by atoms with Crippen molar-refractivity contribution in [1.29, 1.82) is 0 Å². The fourth-order valence-corrected chi connectivity index (χ4v) is 2.47. The fraction of sp³-hybridized carbons (Fsp3) is 0.400. The van der Waals surface area contributed by atoms with Crippen LogP contribution in [0.3, 0.4) is 0 Å². The maximum Gasteiger partial charge on any atom is 0.245 e. The van der Waals surface area contributed by atoms with Crippen LogP contribution in [0.2, 0.25) is 0 Å². The molecule has 1 aromatic carbocycles. The van der Waals surface area contributed by atoms with Crippen molar-refractivity contribution >= 4 is 34.3 Å². The Morgan fingerprint density at radius 3 is 2.83 bits per heavy atom. The Kier molecular flexibility index (Phi) is 5.89. The molecule has 8 heteroatoms. The molecule has 0 aliphatic heterocycles. The number of hydrogen-bond donors (Lipinski definition) is 3. The number of rotatable bonds is 5. The molecule has 23 heavy (non-hydrogen) atoms. The summed E-state index contributed by atoms with van der Waals surface area (Å²) in [5, 5.41) is 3.33. The lowest BCUT2D eigenvalue weighted by Crippen LogP contribution is -2.50. The fourth-order valence-electron chi connectivity index (χ4n) is 2.22. The summed E-state index contributed by atoms with van der Waals surface area (Å²) in [6.07, 6.45) is 0.161. The van der Waals surface area contributed by atoms with Crippen LogP contribution in [0.4, 0.5) is 0 Å². The smallest absolute Gasteiger partial charge is 0.245 e. The zero-order valence-corrected chi connectivity index (χ0v) is 14.2. The van der Waals surface area contributed by atoms with Gasteiger partial charge in [-0.3, -0.25) is 15.6 Å². The van der Waals surface area contributed by atoms with Crippen molar-refractivity contribution in [3.63, 3.8) is 0 Å². The molecule has 0 spiro atoms. The minimum absolute atomic E-state index is 0.0525. The van der Waals surface area contributed by atoms with Gasteiger partial charge in [-0.15, -0.1) is 0 Å². The van der Waals surface area contributed by atoms with Gasteiger partial charge in [0, 0.05) is 20.2 Å². The number of hydrazine groups is 1. The van der Waals surface area contributed by atoms with Gasteiger partial charge in [-0.2, -0.15) is 0 Å². The van der Waals surface area contributed by atoms with Crippen LogP contribution in [0.1, 0.15) is 12.7 Å². The Balaban J connectivity index is 1.87. The number of methoxy groups -OCH3 is 1. The minimum atomic E-state index is -0.216. The molecule has 0 fully saturated rings. The van der Waals surface area contributed by atoms with Crippen molar-refractivity contribution in [3.8, 4) is 0 Å². The summed E-state index contributed by atoms with van der Waals surface area (Å²) in [6, 6.07) is 7.81. The van der Waals surface area contributed by atoms with Crippen LogP contribution < -0.4 is 16.2 Å². The molecule has 0 aliphatic carbocycles. The van der Waals surface area contributed by atoms with Gasteiger partial charge in [-0.25, -0.2) is 4.98 Å². The van der Waals surface area contributed by atoms with Crippen LogP contribution in [0, 0.1) is 0 Å². The Morgan fingerprint density at radius 2 is 2.13 bits per heavy atom. The second-order valence-corrected chi connectivity index (χ2v) is 5.66. The zero-order chi connectivity index (χ0) is 16.8. The Morgan fingerprint density at radius 1 is 1.39 bits per heavy atom. The number of nitrogens with one attached hydrogen (secondary N) is 3. The van der Waals surface area contributed by atoms with Gasteiger partial charge >= 0.3 is 0 Å². The largest absolute Gasteiger partial charge is 0.383 e. The molecule has 7 nitrogen and oxygen atoms in total. The number of carbonyl (C=O) groups excluding carboxylic acids is 1. The van der Waals surface area contributed by atoms with E-state index in [9.17, 15) is 4.79 Å². The third-order valence-corrected chi connectivity index (χ3v) is 3.53. The van der Waals surface area contributed by atoms with Crippen LogP contribution in [-0.4, -0.2) is 40.3 Å². The van der Waals surface area contributed by atoms with Crippen molar-refractivity contribution in [2.45, 2.75) is 19.4 Å². The van der Waals surface area contributed by atoms with E-state index in [1.165, 1.54) is 0 Å². The topological polar surface area (TPSA) is 80.2 Å². The highest BCUT2D eigenvalue weighted by atomic mass is 32.1. The van der Waals surface area contributed by atoms with Gasteiger partial charge in [0.25, 0.3) is 0 Å². The van der Waals surface area contributed by atoms with Crippen molar-refractivity contribution in [2.75, 3.05) is 13.7 Å². The molecule has 1 aromatic heterocycles. The van der Waals surface area contributed by atoms with Crippen molar-refractivity contribution in [1.82, 2.24) is 25.7 Å². The number of benzene rings is 1. The highest BCUT2D eigenvalue weighted by molar-refractivity contribution is 7.80. The molecular formula is C15H21N5O2S. The van der Waals surface area contributed by atoms with E-state index in [1.54, 1.807) is 7.11 Å². The number of aryl methyl sites for hydroxylation is 1. The lowest BCUT2D eigenvalue weighted by atomic mass is 10.3. The lowest BCUT2D eigenvalue weighted by Gasteiger charge is -2.16. The molecular weight excluding hydrogens is 314 g/mol. The molecule has 2 rings (SSSR count). The maximum absolute atomic E-state index is 12.0. The number of aromatic nitrogens is 2. The molecule has 1 heterocycles. The number of fused-ring (bicyclic) bond motifs is 1. The van der Waals surface area contributed by atoms with E-state index in [-0.39, 0.29) is 18.4 Å². The second-order valence-electron chi connectivity index (χ2n) is 5.26. The molecule has 1 amide bonds. The third-order valence-electron chi connectivity index (χ3n) is 3.31. The van der Waals surface area contributed by atoms with E-state index in [2.05, 4.69) is 21.2 Å². The van der Waals surface area contributed by atoms with Gasteiger partial charge in [0.1, 0.15) is 5.82 Å². The molecule has 0 saturated carbocycles. The van der Waals surface area contributed by atoms with Gasteiger partial charge in [-0.1, -0.05) is 12.1 Å². The predicted molar refractivity (Wildman–Crippen MR) is 92.8 cm³/mol. The average Bonchev–Trinajstić information content (AvgIpc) is 2.82. The highest BCUT2D eigenvalue weighted by Crippen LogP contribution is 2.14. The molecule has 3 N–H and O–H groups in total. The standard InChI is InChI=1S/C15H21N5O2S/c1-10(9-22-3)16-15(23)19-18-14(21)8-13-17-11-6-4-5-7-12(11)20(13)2/h4-7,10H,8-9H2,1-3H3,(H,18,21)(H2,16,19,23). The third kappa shape index (κ3) is 4.64. The first-order valence-electron chi connectivity index (χ1n) is 7.26. The van der Waals surface area contributed by atoms with Crippen LogP contribution in [-0.2, 0) is 23.0 Å². The number of nitrogens with zero attached hydrogens (tertiary/aromatic N) is 2. The summed E-state index contributed by atoms with van der Waals surface area (Å²) in [5.74, 6) is 0.476. The summed E-state index contributed by atoms with van der Waals surface area (Å²) >= 11 is 5.09. The van der Waals surface area contributed by atoms with Crippen molar-refractivity contribution in [3.05, 3.63) is 30.1 Å². The van der Waals surface area contributed by atoms with E-state index in [0.29, 0.717) is 17.5 Å². The molecule has 2 aromatic rings. The Labute approximate surface area is 140 Å². The summed E-state index contributed by atoms with van der Waals surface area (Å²) in [7, 11) is 3.51. The average molecular weight is 335 g/mol. The Bertz CT molecular complexity index is 700. The molecule has 124 valence electrons. The van der Waals surface area contributed by atoms with Crippen molar-refractivity contribution in [2.24, 2.45) is 7.05 Å². The summed E-state index contributed by atoms with van der Waals surface area (Å²) in [6.45, 7) is 2.45. The molecule has 0 saturated heterocycles. The van der Waals surface area contributed by atoms with Gasteiger partial charge in [0.2, 0.25) is 5.91 Å². The number of thiocarbonyl (C=S) groups is 1. The van der Waals surface area contributed by atoms with Crippen LogP contribution >= 0.6 is 12.2 Å². The van der Waals surface area contributed by atoms with Crippen LogP contribution in [0.15, 0.2) is 24.3 Å². The normalized spacial score (nSPS) is 12.0. The van der Waals surface area contributed by atoms with Crippen molar-refractivity contribution < 1.29 is 9.53 Å². The first-order chi connectivity index (χ1) is 11.0. The zero-order valence-electron chi connectivity index (χ0n) is 13.4. The van der Waals surface area contributed by atoms with E-state index < -0.39 is 0 Å². The maximum atomic E-state index is 12.0. The van der Waals surface area contributed by atoms with Crippen LogP contribution in [0.5, 0.6) is 0 Å². The summed E-state index contributed by atoms with van der Waals surface area (Å²) < 4.78 is 6.91. The number of amides is 1. The molecule has 1 atom stereocenters. The first kappa shape index (κ1) is 17.2. The van der Waals surface area contributed by atoms with E-state index in [0.717, 1.165) is 11.0 Å². The van der Waals surface area contributed by atoms with Gasteiger partial charge in [0.05, 0.1) is 24.1 Å². The molecule has 0 aliphatic rings. The first-order valence-corrected chi connectivity index (χ1v) is 7.66. The van der Waals surface area contributed by atoms with Gasteiger partial charge in [-0.05, 0) is 31.3 Å². The number of ether oxygens (including phenoxy) is 1. The number of hydrogen-bond acceptors (Lipinski definition) is 4. The Hall–Kier alpha value is -2.19. The number of imidazole rings is 1.